The number of methoxy groups -OCH3 is 1. The Labute approximate surface area is 168 Å². The van der Waals surface area contributed by atoms with Crippen molar-refractivity contribution in [1.82, 2.24) is 5.32 Å². The molecule has 6 nitrogen and oxygen atoms in total. The summed E-state index contributed by atoms with van der Waals surface area (Å²) in [6.07, 6.45) is 5.23. The van der Waals surface area contributed by atoms with E-state index >= 15 is 0 Å². The Hall–Kier alpha value is -1.95. The Morgan fingerprint density at radius 1 is 1.14 bits per heavy atom. The summed E-state index contributed by atoms with van der Waals surface area (Å²) in [5.74, 6) is 0.972. The first-order valence-electron chi connectivity index (χ1n) is 9.96. The van der Waals surface area contributed by atoms with Crippen molar-refractivity contribution in [2.45, 2.75) is 58.2 Å². The lowest BCUT2D eigenvalue weighted by molar-refractivity contribution is -0.176. The molecule has 3 saturated carbocycles. The highest BCUT2D eigenvalue weighted by molar-refractivity contribution is 6.34. The lowest BCUT2D eigenvalue weighted by Gasteiger charge is -2.52. The molecule has 0 spiro atoms. The van der Waals surface area contributed by atoms with Gasteiger partial charge in [-0.2, -0.15) is 0 Å². The normalized spacial score (nSPS) is 32.7. The number of hydrogen-bond donors (Lipinski definition) is 1. The Morgan fingerprint density at radius 3 is 2.43 bits per heavy atom. The molecule has 1 unspecified atom stereocenters. The summed E-state index contributed by atoms with van der Waals surface area (Å²) in [5.41, 5.74) is 1.79. The lowest BCUT2D eigenvalue weighted by Crippen LogP contribution is -2.53. The fourth-order valence-electron chi connectivity index (χ4n) is 5.61. The molecule has 1 amide bonds. The number of fused-ring (bicyclic) bond motifs is 5. The maximum Gasteiger partial charge on any atom is 0.311 e. The number of benzene rings is 1. The molecule has 28 heavy (non-hydrogen) atoms. The molecule has 6 rings (SSSR count). The molecule has 0 aromatic heterocycles. The highest BCUT2D eigenvalue weighted by Crippen LogP contribution is 2.61. The first-order valence-corrected chi connectivity index (χ1v) is 10.3. The molecule has 1 atom stereocenters. The van der Waals surface area contributed by atoms with Crippen LogP contribution in [0.3, 0.4) is 0 Å². The number of amides is 1. The molecule has 3 aliphatic carbocycles. The molecule has 3 fully saturated rings. The third-order valence-corrected chi connectivity index (χ3v) is 7.85. The van der Waals surface area contributed by atoms with Gasteiger partial charge in [0.15, 0.2) is 11.5 Å². The van der Waals surface area contributed by atoms with Gasteiger partial charge in [0.25, 0.3) is 5.91 Å². The zero-order valence-electron chi connectivity index (χ0n) is 16.2. The number of rotatable bonds is 2. The smallest absolute Gasteiger partial charge is 0.311 e. The molecular weight excluding hydrogens is 382 g/mol. The zero-order chi connectivity index (χ0) is 19.7. The summed E-state index contributed by atoms with van der Waals surface area (Å²) in [7, 11) is 1.47. The molecular formula is C21H24ClNO5. The van der Waals surface area contributed by atoms with Crippen LogP contribution in [-0.2, 0) is 16.0 Å². The number of carbonyl (C=O) groups excluding carboxylic acids is 2. The first kappa shape index (κ1) is 18.1. The Balaban J connectivity index is 1.46. The molecule has 1 aromatic rings. The van der Waals surface area contributed by atoms with Crippen molar-refractivity contribution in [3.8, 4) is 11.5 Å². The molecule has 5 aliphatic rings. The monoisotopic (exact) mass is 405 g/mol. The molecule has 0 radical (unpaired) electrons. The van der Waals surface area contributed by atoms with Gasteiger partial charge in [0.2, 0.25) is 6.29 Å². The largest absolute Gasteiger partial charge is 0.469 e. The third kappa shape index (κ3) is 2.27. The van der Waals surface area contributed by atoms with Gasteiger partial charge < -0.3 is 19.5 Å². The minimum Gasteiger partial charge on any atom is -0.469 e. The van der Waals surface area contributed by atoms with Crippen LogP contribution in [0.4, 0.5) is 0 Å². The summed E-state index contributed by atoms with van der Waals surface area (Å²) in [4.78, 5) is 24.7. The molecule has 0 saturated heterocycles. The average Bonchev–Trinajstić information content (AvgIpc) is 3.19. The quantitative estimate of drug-likeness (QED) is 0.762. The maximum atomic E-state index is 12.4. The summed E-state index contributed by atoms with van der Waals surface area (Å²) < 4.78 is 17.7. The van der Waals surface area contributed by atoms with Gasteiger partial charge in [0.05, 0.1) is 23.1 Å². The topological polar surface area (TPSA) is 73.9 Å². The van der Waals surface area contributed by atoms with Gasteiger partial charge in [-0.1, -0.05) is 11.6 Å². The van der Waals surface area contributed by atoms with Gasteiger partial charge in [-0.15, -0.1) is 0 Å². The SMILES string of the molecule is COC(=O)C12CCC(C3Oc4c(C)c5c(c(Cl)c4O3)CCNC5=O)(CC1)CC2. The molecule has 1 aromatic carbocycles. The van der Waals surface area contributed by atoms with Crippen molar-refractivity contribution >= 4 is 23.5 Å². The maximum absolute atomic E-state index is 12.4. The van der Waals surface area contributed by atoms with Crippen molar-refractivity contribution in [2.24, 2.45) is 10.8 Å². The van der Waals surface area contributed by atoms with Crippen molar-refractivity contribution in [2.75, 3.05) is 13.7 Å². The van der Waals surface area contributed by atoms with E-state index in [4.69, 9.17) is 25.8 Å². The lowest BCUT2D eigenvalue weighted by atomic mass is 9.53. The van der Waals surface area contributed by atoms with E-state index in [0.29, 0.717) is 35.1 Å². The predicted molar refractivity (Wildman–Crippen MR) is 102 cm³/mol. The minimum absolute atomic E-state index is 0.0880. The number of hydrogen-bond acceptors (Lipinski definition) is 5. The Morgan fingerprint density at radius 2 is 1.79 bits per heavy atom. The van der Waals surface area contributed by atoms with Crippen LogP contribution in [0.25, 0.3) is 0 Å². The van der Waals surface area contributed by atoms with E-state index in [9.17, 15) is 9.59 Å². The summed E-state index contributed by atoms with van der Waals surface area (Å²) >= 11 is 6.65. The second-order valence-corrected chi connectivity index (χ2v) is 9.04. The summed E-state index contributed by atoms with van der Waals surface area (Å²) in [6.45, 7) is 2.47. The fourth-order valence-corrected chi connectivity index (χ4v) is 5.93. The highest BCUT2D eigenvalue weighted by atomic mass is 35.5. The molecule has 150 valence electrons. The van der Waals surface area contributed by atoms with Crippen LogP contribution >= 0.6 is 11.6 Å². The number of carbonyl (C=O) groups is 2. The van der Waals surface area contributed by atoms with Crippen molar-refractivity contribution in [3.05, 3.63) is 21.7 Å². The van der Waals surface area contributed by atoms with Gasteiger partial charge >= 0.3 is 5.97 Å². The van der Waals surface area contributed by atoms with Crippen molar-refractivity contribution < 1.29 is 23.8 Å². The van der Waals surface area contributed by atoms with Crippen molar-refractivity contribution in [3.63, 3.8) is 0 Å². The van der Waals surface area contributed by atoms with E-state index in [-0.39, 0.29) is 22.7 Å². The number of halogens is 1. The van der Waals surface area contributed by atoms with E-state index < -0.39 is 6.29 Å². The highest BCUT2D eigenvalue weighted by Gasteiger charge is 2.59. The molecule has 1 N–H and O–H groups in total. The summed E-state index contributed by atoms with van der Waals surface area (Å²) in [5, 5.41) is 3.38. The Kier molecular flexibility index (Phi) is 3.89. The second-order valence-electron chi connectivity index (χ2n) is 8.66. The standard InChI is InChI=1S/C21H24ClNO5/c1-11-13-12(3-10-23-17(13)24)14(22)16-15(11)27-19(28-16)21-7-4-20(5-8-21,6-9-21)18(25)26-2/h19H,3-10H2,1-2H3,(H,23,24). The van der Waals surface area contributed by atoms with E-state index in [0.717, 1.165) is 49.7 Å². The predicted octanol–water partition coefficient (Wildman–Crippen LogP) is 3.55. The number of ether oxygens (including phenoxy) is 3. The average molecular weight is 406 g/mol. The number of nitrogens with one attached hydrogen (secondary N) is 1. The molecule has 2 bridgehead atoms. The van der Waals surface area contributed by atoms with E-state index in [2.05, 4.69) is 5.32 Å². The second kappa shape index (κ2) is 6.02. The molecule has 2 aliphatic heterocycles. The van der Waals surface area contributed by atoms with Crippen LogP contribution in [0.15, 0.2) is 0 Å². The minimum atomic E-state index is -0.429. The summed E-state index contributed by atoms with van der Waals surface area (Å²) in [6, 6.07) is 0. The van der Waals surface area contributed by atoms with Crippen LogP contribution < -0.4 is 14.8 Å². The zero-order valence-corrected chi connectivity index (χ0v) is 16.9. The van der Waals surface area contributed by atoms with Crippen LogP contribution in [0, 0.1) is 17.8 Å². The van der Waals surface area contributed by atoms with E-state index in [1.807, 2.05) is 6.92 Å². The van der Waals surface area contributed by atoms with Gasteiger partial charge in [-0.25, -0.2) is 0 Å². The Bertz CT molecular complexity index is 871. The third-order valence-electron chi connectivity index (χ3n) is 7.45. The van der Waals surface area contributed by atoms with Crippen LogP contribution in [-0.4, -0.2) is 31.8 Å². The van der Waals surface area contributed by atoms with Gasteiger partial charge in [0, 0.05) is 17.5 Å². The number of esters is 1. The van der Waals surface area contributed by atoms with Gasteiger partial charge in [0.1, 0.15) is 0 Å². The van der Waals surface area contributed by atoms with Crippen molar-refractivity contribution in [1.29, 1.82) is 0 Å². The van der Waals surface area contributed by atoms with Crippen LogP contribution in [0.1, 0.15) is 60.0 Å². The molecule has 2 heterocycles. The van der Waals surface area contributed by atoms with Gasteiger partial charge in [-0.3, -0.25) is 9.59 Å². The fraction of sp³-hybridized carbons (Fsp3) is 0.619. The van der Waals surface area contributed by atoms with Gasteiger partial charge in [-0.05, 0) is 57.4 Å². The van der Waals surface area contributed by atoms with E-state index in [1.54, 1.807) is 0 Å². The van der Waals surface area contributed by atoms with Crippen LogP contribution in [0.5, 0.6) is 11.5 Å². The first-order chi connectivity index (χ1) is 13.4. The van der Waals surface area contributed by atoms with Crippen LogP contribution in [0.2, 0.25) is 5.02 Å². The van der Waals surface area contributed by atoms with E-state index in [1.165, 1.54) is 7.11 Å². The molecule has 7 heteroatoms.